The van der Waals surface area contributed by atoms with Gasteiger partial charge in [0.15, 0.2) is 0 Å². The van der Waals surface area contributed by atoms with Crippen LogP contribution in [0.1, 0.15) is 27.4 Å². The number of fused-ring (bicyclic) bond motifs is 1. The van der Waals surface area contributed by atoms with Gasteiger partial charge in [-0.15, -0.1) is 0 Å². The maximum Gasteiger partial charge on any atom is 0.260 e. The third-order valence-electron chi connectivity index (χ3n) is 4.52. The first-order valence-corrected chi connectivity index (χ1v) is 7.90. The summed E-state index contributed by atoms with van der Waals surface area (Å²) in [6, 6.07) is 9.38. The third-order valence-corrected chi connectivity index (χ3v) is 4.52. The van der Waals surface area contributed by atoms with Gasteiger partial charge in [0.05, 0.1) is 24.3 Å². The second-order valence-corrected chi connectivity index (χ2v) is 6.05. The highest BCUT2D eigenvalue weighted by Crippen LogP contribution is 2.26. The molecule has 0 saturated carbocycles. The van der Waals surface area contributed by atoms with Crippen molar-refractivity contribution >= 4 is 5.91 Å². The number of nitrogens with zero attached hydrogens (tertiary/aromatic N) is 4. The van der Waals surface area contributed by atoms with Gasteiger partial charge in [0.1, 0.15) is 23.3 Å². The van der Waals surface area contributed by atoms with Gasteiger partial charge in [0.25, 0.3) is 11.5 Å². The first-order valence-electron chi connectivity index (χ1n) is 7.90. The van der Waals surface area contributed by atoms with Crippen molar-refractivity contribution in [3.8, 4) is 11.3 Å². The van der Waals surface area contributed by atoms with E-state index in [1.165, 1.54) is 10.8 Å². The molecule has 7 nitrogen and oxygen atoms in total. The smallest absolute Gasteiger partial charge is 0.260 e. The zero-order chi connectivity index (χ0) is 17.6. The predicted octanol–water partition coefficient (Wildman–Crippen LogP) is 1.90. The molecule has 126 valence electrons. The number of aromatic nitrogens is 3. The molecule has 0 aliphatic carbocycles. The van der Waals surface area contributed by atoms with E-state index in [0.717, 1.165) is 5.56 Å². The molecule has 25 heavy (non-hydrogen) atoms. The highest BCUT2D eigenvalue weighted by molar-refractivity contribution is 5.99. The van der Waals surface area contributed by atoms with Crippen molar-refractivity contribution in [1.82, 2.24) is 19.6 Å². The second kappa shape index (κ2) is 5.70. The molecule has 2 aromatic heterocycles. The van der Waals surface area contributed by atoms with Gasteiger partial charge in [-0.2, -0.15) is 0 Å². The van der Waals surface area contributed by atoms with Crippen LogP contribution in [0, 0.1) is 6.92 Å². The fraction of sp³-hybridized carbons (Fsp3) is 0.222. The fourth-order valence-electron chi connectivity index (χ4n) is 3.03. The predicted molar refractivity (Wildman–Crippen MR) is 89.7 cm³/mol. The highest BCUT2D eigenvalue weighted by atomic mass is 16.5. The Balaban J connectivity index is 1.68. The summed E-state index contributed by atoms with van der Waals surface area (Å²) in [4.78, 5) is 31.4. The van der Waals surface area contributed by atoms with Crippen molar-refractivity contribution in [3.63, 3.8) is 0 Å². The Labute approximate surface area is 143 Å². The lowest BCUT2D eigenvalue weighted by molar-refractivity contribution is 0.0750. The Morgan fingerprint density at radius 1 is 1.20 bits per heavy atom. The molecule has 1 aliphatic heterocycles. The van der Waals surface area contributed by atoms with E-state index >= 15 is 0 Å². The largest absolute Gasteiger partial charge is 0.363 e. The van der Waals surface area contributed by atoms with Crippen molar-refractivity contribution in [1.29, 1.82) is 0 Å². The lowest BCUT2D eigenvalue weighted by Gasteiger charge is -2.14. The number of rotatable bonds is 2. The van der Waals surface area contributed by atoms with Gasteiger partial charge in [-0.05, 0) is 6.92 Å². The summed E-state index contributed by atoms with van der Waals surface area (Å²) in [7, 11) is 1.68. The second-order valence-electron chi connectivity index (χ2n) is 6.05. The van der Waals surface area contributed by atoms with E-state index in [4.69, 9.17) is 4.52 Å². The molecule has 0 fully saturated rings. The number of carbonyl (C=O) groups is 1. The minimum atomic E-state index is -0.224. The highest BCUT2D eigenvalue weighted by Gasteiger charge is 2.31. The molecule has 1 aliphatic rings. The Hall–Kier alpha value is -3.22. The van der Waals surface area contributed by atoms with Gasteiger partial charge in [-0.25, -0.2) is 4.98 Å². The summed E-state index contributed by atoms with van der Waals surface area (Å²) in [5, 5.41) is 3.97. The van der Waals surface area contributed by atoms with Crippen LogP contribution in [0.2, 0.25) is 0 Å². The molecule has 3 aromatic rings. The number of aryl methyl sites for hydroxylation is 1. The van der Waals surface area contributed by atoms with Crippen LogP contribution in [-0.4, -0.2) is 25.5 Å². The maximum absolute atomic E-state index is 12.9. The van der Waals surface area contributed by atoms with E-state index in [1.54, 1.807) is 18.9 Å². The SMILES string of the molecule is Cc1nc2c(c(=O)n1C)CN(C(=O)c1conc1-c1ccccc1)C2. The molecule has 0 spiro atoms. The van der Waals surface area contributed by atoms with Crippen molar-refractivity contribution < 1.29 is 9.32 Å². The molecule has 0 saturated heterocycles. The molecule has 7 heteroatoms. The van der Waals surface area contributed by atoms with E-state index in [0.29, 0.717) is 34.9 Å². The monoisotopic (exact) mass is 336 g/mol. The minimum absolute atomic E-state index is 0.105. The van der Waals surface area contributed by atoms with Crippen molar-refractivity contribution in [3.05, 3.63) is 69.6 Å². The average Bonchev–Trinajstić information content (AvgIpc) is 3.27. The minimum Gasteiger partial charge on any atom is -0.363 e. The molecule has 0 bridgehead atoms. The van der Waals surface area contributed by atoms with Crippen molar-refractivity contribution in [2.45, 2.75) is 20.0 Å². The number of amides is 1. The van der Waals surface area contributed by atoms with Crippen LogP contribution in [0.4, 0.5) is 0 Å². The zero-order valence-corrected chi connectivity index (χ0v) is 13.9. The van der Waals surface area contributed by atoms with Crippen LogP contribution in [0.3, 0.4) is 0 Å². The summed E-state index contributed by atoms with van der Waals surface area (Å²) in [6.45, 7) is 2.33. The number of hydrogen-bond acceptors (Lipinski definition) is 5. The van der Waals surface area contributed by atoms with Gasteiger partial charge in [0.2, 0.25) is 0 Å². The standard InChI is InChI=1S/C18H16N4O3/c1-11-19-15-9-22(8-13(15)17(23)21(11)2)18(24)14-10-25-20-16(14)12-6-4-3-5-7-12/h3-7,10H,8-9H2,1-2H3. The van der Waals surface area contributed by atoms with Crippen LogP contribution in [0.15, 0.2) is 45.9 Å². The molecule has 0 radical (unpaired) electrons. The molecule has 0 N–H and O–H groups in total. The molecule has 0 unspecified atom stereocenters. The average molecular weight is 336 g/mol. The van der Waals surface area contributed by atoms with Crippen LogP contribution in [-0.2, 0) is 20.1 Å². The van der Waals surface area contributed by atoms with Gasteiger partial charge >= 0.3 is 0 Å². The fourth-order valence-corrected chi connectivity index (χ4v) is 3.03. The summed E-state index contributed by atoms with van der Waals surface area (Å²) < 4.78 is 6.54. The Kier molecular flexibility index (Phi) is 3.49. The number of hydrogen-bond donors (Lipinski definition) is 0. The summed E-state index contributed by atoms with van der Waals surface area (Å²) >= 11 is 0. The van der Waals surface area contributed by atoms with Gasteiger partial charge in [0, 0.05) is 12.6 Å². The van der Waals surface area contributed by atoms with E-state index in [-0.39, 0.29) is 18.0 Å². The van der Waals surface area contributed by atoms with Crippen LogP contribution in [0.25, 0.3) is 11.3 Å². The summed E-state index contributed by atoms with van der Waals surface area (Å²) in [5.41, 5.74) is 2.81. The number of carbonyl (C=O) groups excluding carboxylic acids is 1. The Bertz CT molecular complexity index is 1020. The van der Waals surface area contributed by atoms with E-state index in [1.807, 2.05) is 30.3 Å². The van der Waals surface area contributed by atoms with Crippen LogP contribution < -0.4 is 5.56 Å². The van der Waals surface area contributed by atoms with Crippen LogP contribution >= 0.6 is 0 Å². The quantitative estimate of drug-likeness (QED) is 0.714. The van der Waals surface area contributed by atoms with Crippen LogP contribution in [0.5, 0.6) is 0 Å². The Morgan fingerprint density at radius 3 is 2.72 bits per heavy atom. The maximum atomic E-state index is 12.9. The zero-order valence-electron chi connectivity index (χ0n) is 13.9. The first kappa shape index (κ1) is 15.3. The van der Waals surface area contributed by atoms with Gasteiger partial charge in [-0.1, -0.05) is 35.5 Å². The van der Waals surface area contributed by atoms with Gasteiger partial charge in [-0.3, -0.25) is 14.2 Å². The molecule has 1 amide bonds. The molecular formula is C18H16N4O3. The number of benzene rings is 1. The van der Waals surface area contributed by atoms with Crippen molar-refractivity contribution in [2.75, 3.05) is 0 Å². The van der Waals surface area contributed by atoms with E-state index in [9.17, 15) is 9.59 Å². The lowest BCUT2D eigenvalue weighted by atomic mass is 10.1. The molecule has 3 heterocycles. The summed E-state index contributed by atoms with van der Waals surface area (Å²) in [5.74, 6) is 0.408. The third kappa shape index (κ3) is 2.44. The Morgan fingerprint density at radius 2 is 1.96 bits per heavy atom. The molecule has 4 rings (SSSR count). The van der Waals surface area contributed by atoms with E-state index < -0.39 is 0 Å². The lowest BCUT2D eigenvalue weighted by Crippen LogP contribution is -2.27. The topological polar surface area (TPSA) is 81.2 Å². The van der Waals surface area contributed by atoms with Crippen molar-refractivity contribution in [2.24, 2.45) is 7.05 Å². The normalized spacial score (nSPS) is 13.1. The molecule has 0 atom stereocenters. The van der Waals surface area contributed by atoms with E-state index in [2.05, 4.69) is 10.1 Å². The first-order chi connectivity index (χ1) is 12.1. The van der Waals surface area contributed by atoms with Gasteiger partial charge < -0.3 is 9.42 Å². The molecule has 1 aromatic carbocycles. The summed E-state index contributed by atoms with van der Waals surface area (Å²) in [6.07, 6.45) is 1.35. The molecular weight excluding hydrogens is 320 g/mol.